The number of nitrogens with one attached hydrogen (secondary N) is 1. The molecule has 0 aromatic rings. The van der Waals surface area contributed by atoms with Crippen LogP contribution in [0.2, 0.25) is 0 Å². The Balaban J connectivity index is 1.80. The molecule has 3 N–H and O–H groups in total. The molecule has 1 heterocycles. The van der Waals surface area contributed by atoms with Gasteiger partial charge in [-0.1, -0.05) is 0 Å². The Morgan fingerprint density at radius 3 is 3.00 bits per heavy atom. The van der Waals surface area contributed by atoms with Gasteiger partial charge in [-0.3, -0.25) is 0 Å². The Bertz CT molecular complexity index is 53.7. The maximum Gasteiger partial charge on any atom is 0.0934 e. The molecule has 0 spiro atoms. The first kappa shape index (κ1) is 5.03. The van der Waals surface area contributed by atoms with Gasteiger partial charge >= 0.3 is 0 Å². The number of ether oxygens (including phenoxy) is 1. The van der Waals surface area contributed by atoms with Gasteiger partial charge in [-0.25, -0.2) is 0 Å². The van der Waals surface area contributed by atoms with Crippen LogP contribution in [0.3, 0.4) is 0 Å². The fourth-order valence-corrected chi connectivity index (χ4v) is 0.430. The molecule has 7 heavy (non-hydrogen) atoms. The molecule has 1 fully saturated rings. The highest BCUT2D eigenvalue weighted by atomic mass is 16.6. The number of nitrogens with two attached hydrogens (primary N) is 1. The van der Waals surface area contributed by atoms with Crippen molar-refractivity contribution in [1.29, 1.82) is 0 Å². The summed E-state index contributed by atoms with van der Waals surface area (Å²) in [4.78, 5) is 0. The van der Waals surface area contributed by atoms with Crippen LogP contribution >= 0.6 is 0 Å². The summed E-state index contributed by atoms with van der Waals surface area (Å²) >= 11 is 0. The smallest absolute Gasteiger partial charge is 0.0934 e. The Hall–Kier alpha value is -0.120. The van der Waals surface area contributed by atoms with Crippen molar-refractivity contribution in [2.45, 2.75) is 6.10 Å². The van der Waals surface area contributed by atoms with Crippen molar-refractivity contribution >= 4 is 0 Å². The average Bonchev–Trinajstić information content (AvgIpc) is 2.42. The van der Waals surface area contributed by atoms with E-state index in [4.69, 9.17) is 10.5 Å². The highest BCUT2D eigenvalue weighted by Gasteiger charge is 2.20. The molecule has 42 valence electrons. The van der Waals surface area contributed by atoms with Crippen LogP contribution in [-0.2, 0) is 4.74 Å². The van der Waals surface area contributed by atoms with Crippen molar-refractivity contribution in [3.8, 4) is 0 Å². The van der Waals surface area contributed by atoms with Crippen LogP contribution in [0.4, 0.5) is 0 Å². The Kier molecular flexibility index (Phi) is 1.62. The van der Waals surface area contributed by atoms with Crippen molar-refractivity contribution < 1.29 is 4.74 Å². The summed E-state index contributed by atoms with van der Waals surface area (Å²) in [5.41, 5.74) is 5.14. The molecule has 0 radical (unpaired) electrons. The minimum absolute atomic E-state index is 0.462. The molecule has 1 aliphatic heterocycles. The molecule has 3 nitrogen and oxygen atoms in total. The van der Waals surface area contributed by atoms with Gasteiger partial charge in [0.2, 0.25) is 0 Å². The molecule has 0 bridgehead atoms. The van der Waals surface area contributed by atoms with Gasteiger partial charge in [0.05, 0.1) is 12.7 Å². The third-order valence-corrected chi connectivity index (χ3v) is 0.919. The quantitative estimate of drug-likeness (QED) is 0.351. The van der Waals surface area contributed by atoms with Crippen LogP contribution in [0.5, 0.6) is 0 Å². The maximum atomic E-state index is 5.14. The van der Waals surface area contributed by atoms with Gasteiger partial charge in [-0.15, -0.1) is 0 Å². The van der Waals surface area contributed by atoms with Crippen LogP contribution in [-0.4, -0.2) is 25.9 Å². The predicted molar refractivity (Wildman–Crippen MR) is 26.8 cm³/mol. The molecule has 1 atom stereocenters. The van der Waals surface area contributed by atoms with Gasteiger partial charge in [0, 0.05) is 13.2 Å². The van der Waals surface area contributed by atoms with E-state index in [0.29, 0.717) is 12.8 Å². The second-order valence-electron chi connectivity index (χ2n) is 1.61. The van der Waals surface area contributed by atoms with Gasteiger partial charge < -0.3 is 15.8 Å². The molecule has 0 aliphatic carbocycles. The highest BCUT2D eigenvalue weighted by Crippen LogP contribution is 2.05. The number of hydrogen-bond donors (Lipinski definition) is 2. The topological polar surface area (TPSA) is 50.6 Å². The lowest BCUT2D eigenvalue weighted by Crippen LogP contribution is -2.26. The summed E-state index contributed by atoms with van der Waals surface area (Å²) in [5, 5.41) is 2.96. The molecular formula is C4H10N2O. The molecule has 1 saturated heterocycles. The lowest BCUT2D eigenvalue weighted by Gasteiger charge is -1.92. The van der Waals surface area contributed by atoms with E-state index < -0.39 is 0 Å². The van der Waals surface area contributed by atoms with Crippen LogP contribution in [0, 0.1) is 0 Å². The largest absolute Gasteiger partial charge is 0.372 e. The molecule has 0 saturated carbocycles. The minimum Gasteiger partial charge on any atom is -0.372 e. The van der Waals surface area contributed by atoms with Crippen LogP contribution in [0.25, 0.3) is 0 Å². The molecule has 0 amide bonds. The summed E-state index contributed by atoms with van der Waals surface area (Å²) in [6.07, 6.45) is 0.462. The predicted octanol–water partition coefficient (Wildman–Crippen LogP) is -1.11. The first-order valence-corrected chi connectivity index (χ1v) is 2.46. The van der Waals surface area contributed by atoms with E-state index in [2.05, 4.69) is 5.32 Å². The van der Waals surface area contributed by atoms with Gasteiger partial charge in [-0.2, -0.15) is 0 Å². The van der Waals surface area contributed by atoms with Gasteiger partial charge in [0.1, 0.15) is 0 Å². The third kappa shape index (κ3) is 1.87. The highest BCUT2D eigenvalue weighted by molar-refractivity contribution is 4.70. The lowest BCUT2D eigenvalue weighted by atomic mass is 10.5. The van der Waals surface area contributed by atoms with E-state index in [1.165, 1.54) is 0 Å². The summed E-state index contributed by atoms with van der Waals surface area (Å²) in [5.74, 6) is 0. The average molecular weight is 102 g/mol. The van der Waals surface area contributed by atoms with Gasteiger partial charge in [0.15, 0.2) is 0 Å². The van der Waals surface area contributed by atoms with E-state index in [0.717, 1.165) is 13.2 Å². The normalized spacial score (nSPS) is 27.9. The number of hydrogen-bond acceptors (Lipinski definition) is 3. The number of rotatable bonds is 3. The molecule has 1 rings (SSSR count). The van der Waals surface area contributed by atoms with E-state index in [1.54, 1.807) is 0 Å². The Morgan fingerprint density at radius 1 is 1.86 bits per heavy atom. The molecule has 0 aromatic carbocycles. The first-order chi connectivity index (χ1) is 3.43. The van der Waals surface area contributed by atoms with Crippen molar-refractivity contribution in [3.05, 3.63) is 0 Å². The fraction of sp³-hybridized carbons (Fsp3) is 1.00. The van der Waals surface area contributed by atoms with Crippen LogP contribution in [0.1, 0.15) is 0 Å². The Labute approximate surface area is 42.8 Å². The van der Waals surface area contributed by atoms with Crippen molar-refractivity contribution in [2.75, 3.05) is 19.8 Å². The molecule has 0 aromatic heterocycles. The van der Waals surface area contributed by atoms with E-state index >= 15 is 0 Å². The van der Waals surface area contributed by atoms with Gasteiger partial charge in [-0.05, 0) is 0 Å². The fourth-order valence-electron chi connectivity index (χ4n) is 0.430. The first-order valence-electron chi connectivity index (χ1n) is 2.46. The molecule has 1 unspecified atom stereocenters. The minimum atomic E-state index is 0.462. The number of epoxide rings is 1. The zero-order valence-electron chi connectivity index (χ0n) is 4.18. The molecule has 3 heteroatoms. The second-order valence-corrected chi connectivity index (χ2v) is 1.61. The van der Waals surface area contributed by atoms with Crippen LogP contribution in [0.15, 0.2) is 0 Å². The van der Waals surface area contributed by atoms with Gasteiger partial charge in [0.25, 0.3) is 0 Å². The zero-order chi connectivity index (χ0) is 5.11. The summed E-state index contributed by atoms with van der Waals surface area (Å²) in [7, 11) is 0. The van der Waals surface area contributed by atoms with E-state index in [-0.39, 0.29) is 0 Å². The van der Waals surface area contributed by atoms with Crippen molar-refractivity contribution in [1.82, 2.24) is 5.32 Å². The molecular weight excluding hydrogens is 92.1 g/mol. The standard InChI is InChI=1S/C4H10N2O/c5-3-6-1-4-2-7-4/h4,6H,1-3,5H2. The second kappa shape index (κ2) is 2.26. The zero-order valence-corrected chi connectivity index (χ0v) is 4.18. The molecule has 1 aliphatic rings. The van der Waals surface area contributed by atoms with Crippen molar-refractivity contribution in [2.24, 2.45) is 5.73 Å². The summed E-state index contributed by atoms with van der Waals surface area (Å²) in [6.45, 7) is 2.38. The SMILES string of the molecule is NCNCC1CO1. The lowest BCUT2D eigenvalue weighted by molar-refractivity contribution is 0.398. The monoisotopic (exact) mass is 102 g/mol. The van der Waals surface area contributed by atoms with E-state index in [1.807, 2.05) is 0 Å². The summed E-state index contributed by atoms with van der Waals surface area (Å²) in [6, 6.07) is 0. The Morgan fingerprint density at radius 2 is 2.57 bits per heavy atom. The third-order valence-electron chi connectivity index (χ3n) is 0.919. The van der Waals surface area contributed by atoms with Crippen molar-refractivity contribution in [3.63, 3.8) is 0 Å². The van der Waals surface area contributed by atoms with E-state index in [9.17, 15) is 0 Å². The van der Waals surface area contributed by atoms with Crippen LogP contribution < -0.4 is 11.1 Å². The maximum absolute atomic E-state index is 5.14. The summed E-state index contributed by atoms with van der Waals surface area (Å²) < 4.78 is 4.89.